The molecule has 88 valence electrons. The third kappa shape index (κ3) is 5.37. The summed E-state index contributed by atoms with van der Waals surface area (Å²) < 4.78 is 4.44. The summed E-state index contributed by atoms with van der Waals surface area (Å²) in [6.45, 7) is 5.92. The number of hydrogen-bond acceptors (Lipinski definition) is 4. The third-order valence-electron chi connectivity index (χ3n) is 2.07. The summed E-state index contributed by atoms with van der Waals surface area (Å²) in [4.78, 5) is 22.2. The molecule has 0 heterocycles. The Labute approximate surface area is 90.4 Å². The molecule has 0 aliphatic carbocycles. The van der Waals surface area contributed by atoms with Gasteiger partial charge in [-0.05, 0) is 5.41 Å². The average molecular weight is 216 g/mol. The number of carbonyl (C=O) groups excluding carboxylic acids is 2. The second-order valence-corrected chi connectivity index (χ2v) is 4.46. The molecule has 0 spiro atoms. The minimum atomic E-state index is -0.574. The molecule has 0 aliphatic heterocycles. The lowest BCUT2D eigenvalue weighted by Crippen LogP contribution is -2.48. The lowest BCUT2D eigenvalue weighted by molar-refractivity contribution is -0.140. The highest BCUT2D eigenvalue weighted by Crippen LogP contribution is 2.16. The predicted octanol–water partition coefficient (Wildman–Crippen LogP) is 0.0391. The minimum absolute atomic E-state index is 0.166. The van der Waals surface area contributed by atoms with Crippen LogP contribution in [0.4, 0.5) is 0 Å². The van der Waals surface area contributed by atoms with Crippen molar-refractivity contribution in [2.45, 2.75) is 33.2 Å². The number of nitrogens with two attached hydrogens (primary N) is 1. The molecule has 0 radical (unpaired) electrons. The highest BCUT2D eigenvalue weighted by Gasteiger charge is 2.27. The van der Waals surface area contributed by atoms with Crippen LogP contribution in [0.1, 0.15) is 27.2 Å². The summed E-state index contributed by atoms with van der Waals surface area (Å²) in [5.74, 6) is -0.592. The van der Waals surface area contributed by atoms with E-state index in [4.69, 9.17) is 5.73 Å². The van der Waals surface area contributed by atoms with Crippen LogP contribution in [0.5, 0.6) is 0 Å². The van der Waals surface area contributed by atoms with Gasteiger partial charge < -0.3 is 15.8 Å². The topological polar surface area (TPSA) is 81.4 Å². The van der Waals surface area contributed by atoms with Gasteiger partial charge in [0.15, 0.2) is 0 Å². The standard InChI is InChI=1S/C10H20N2O3/c1-10(2,3)8(11)9(14)12-6-5-7(13)15-4/h8H,5-6,11H2,1-4H3,(H,12,14). The fourth-order valence-corrected chi connectivity index (χ4v) is 0.893. The van der Waals surface area contributed by atoms with Gasteiger partial charge in [0.25, 0.3) is 0 Å². The van der Waals surface area contributed by atoms with Crippen molar-refractivity contribution in [2.75, 3.05) is 13.7 Å². The number of esters is 1. The van der Waals surface area contributed by atoms with Gasteiger partial charge >= 0.3 is 5.97 Å². The maximum atomic E-state index is 11.5. The van der Waals surface area contributed by atoms with Gasteiger partial charge in [0.2, 0.25) is 5.91 Å². The first-order chi connectivity index (χ1) is 6.79. The van der Waals surface area contributed by atoms with Gasteiger partial charge in [-0.25, -0.2) is 0 Å². The van der Waals surface area contributed by atoms with Gasteiger partial charge in [-0.2, -0.15) is 0 Å². The summed E-state index contributed by atoms with van der Waals surface area (Å²) in [7, 11) is 1.31. The normalized spacial score (nSPS) is 13.1. The van der Waals surface area contributed by atoms with Gasteiger partial charge in [0.1, 0.15) is 0 Å². The Kier molecular flexibility index (Phi) is 5.28. The van der Waals surface area contributed by atoms with Gasteiger partial charge in [0.05, 0.1) is 19.6 Å². The molecule has 0 aromatic heterocycles. The zero-order valence-electron chi connectivity index (χ0n) is 9.79. The summed E-state index contributed by atoms with van der Waals surface area (Å²) in [5, 5.41) is 2.59. The Morgan fingerprint density at radius 2 is 1.93 bits per heavy atom. The SMILES string of the molecule is COC(=O)CCNC(=O)C(N)C(C)(C)C. The Hall–Kier alpha value is -1.10. The van der Waals surface area contributed by atoms with E-state index in [1.807, 2.05) is 20.8 Å². The molecule has 0 aromatic rings. The van der Waals surface area contributed by atoms with Crippen molar-refractivity contribution in [1.82, 2.24) is 5.32 Å². The zero-order valence-corrected chi connectivity index (χ0v) is 9.79. The number of ether oxygens (including phenoxy) is 1. The van der Waals surface area contributed by atoms with Crippen molar-refractivity contribution in [3.8, 4) is 0 Å². The largest absolute Gasteiger partial charge is 0.469 e. The van der Waals surface area contributed by atoms with Crippen molar-refractivity contribution in [3.05, 3.63) is 0 Å². The first-order valence-corrected chi connectivity index (χ1v) is 4.89. The number of nitrogens with one attached hydrogen (secondary N) is 1. The van der Waals surface area contributed by atoms with E-state index in [1.54, 1.807) is 0 Å². The van der Waals surface area contributed by atoms with E-state index < -0.39 is 6.04 Å². The lowest BCUT2D eigenvalue weighted by atomic mass is 9.87. The average Bonchev–Trinajstić information content (AvgIpc) is 2.14. The van der Waals surface area contributed by atoms with E-state index in [1.165, 1.54) is 7.11 Å². The van der Waals surface area contributed by atoms with Crippen LogP contribution >= 0.6 is 0 Å². The first kappa shape index (κ1) is 13.9. The molecule has 0 aromatic carbocycles. The molecule has 5 nitrogen and oxygen atoms in total. The molecule has 0 aliphatic rings. The Morgan fingerprint density at radius 3 is 2.33 bits per heavy atom. The highest BCUT2D eigenvalue weighted by atomic mass is 16.5. The van der Waals surface area contributed by atoms with E-state index in [0.29, 0.717) is 0 Å². The molecule has 5 heteroatoms. The van der Waals surface area contributed by atoms with Crippen LogP contribution in [0, 0.1) is 5.41 Å². The first-order valence-electron chi connectivity index (χ1n) is 4.89. The van der Waals surface area contributed by atoms with Gasteiger partial charge in [-0.3, -0.25) is 9.59 Å². The quantitative estimate of drug-likeness (QED) is 0.650. The van der Waals surface area contributed by atoms with Crippen LogP contribution in [0.15, 0.2) is 0 Å². The van der Waals surface area contributed by atoms with E-state index in [0.717, 1.165) is 0 Å². The predicted molar refractivity (Wildman–Crippen MR) is 57.1 cm³/mol. The maximum absolute atomic E-state index is 11.5. The summed E-state index contributed by atoms with van der Waals surface area (Å²) in [5.41, 5.74) is 5.43. The number of hydrogen-bond donors (Lipinski definition) is 2. The fraction of sp³-hybridized carbons (Fsp3) is 0.800. The molecule has 0 bridgehead atoms. The fourth-order valence-electron chi connectivity index (χ4n) is 0.893. The second-order valence-electron chi connectivity index (χ2n) is 4.46. The number of rotatable bonds is 4. The van der Waals surface area contributed by atoms with Crippen molar-refractivity contribution in [2.24, 2.45) is 11.1 Å². The number of amides is 1. The number of methoxy groups -OCH3 is 1. The zero-order chi connectivity index (χ0) is 12.1. The van der Waals surface area contributed by atoms with Crippen molar-refractivity contribution < 1.29 is 14.3 Å². The third-order valence-corrected chi connectivity index (χ3v) is 2.07. The monoisotopic (exact) mass is 216 g/mol. The molecular weight excluding hydrogens is 196 g/mol. The van der Waals surface area contributed by atoms with Crippen LogP contribution in [-0.2, 0) is 14.3 Å². The molecule has 0 saturated carbocycles. The smallest absolute Gasteiger partial charge is 0.307 e. The molecule has 1 unspecified atom stereocenters. The Balaban J connectivity index is 3.90. The number of carbonyl (C=O) groups is 2. The maximum Gasteiger partial charge on any atom is 0.307 e. The van der Waals surface area contributed by atoms with E-state index in [2.05, 4.69) is 10.1 Å². The molecule has 0 fully saturated rings. The Morgan fingerprint density at radius 1 is 1.40 bits per heavy atom. The molecule has 3 N–H and O–H groups in total. The molecule has 1 atom stereocenters. The highest BCUT2D eigenvalue weighted by molar-refractivity contribution is 5.82. The lowest BCUT2D eigenvalue weighted by Gasteiger charge is -2.25. The molecular formula is C10H20N2O3. The second kappa shape index (κ2) is 5.70. The Bertz CT molecular complexity index is 233. The molecule has 1 amide bonds. The van der Waals surface area contributed by atoms with Crippen molar-refractivity contribution in [3.63, 3.8) is 0 Å². The molecule has 0 saturated heterocycles. The van der Waals surface area contributed by atoms with Crippen molar-refractivity contribution >= 4 is 11.9 Å². The molecule has 15 heavy (non-hydrogen) atoms. The summed E-state index contributed by atoms with van der Waals surface area (Å²) in [6, 6.07) is -0.574. The summed E-state index contributed by atoms with van der Waals surface area (Å²) >= 11 is 0. The van der Waals surface area contributed by atoms with E-state index in [9.17, 15) is 9.59 Å². The van der Waals surface area contributed by atoms with E-state index >= 15 is 0 Å². The van der Waals surface area contributed by atoms with E-state index in [-0.39, 0.29) is 30.3 Å². The minimum Gasteiger partial charge on any atom is -0.469 e. The van der Waals surface area contributed by atoms with Gasteiger partial charge in [0, 0.05) is 6.54 Å². The molecule has 0 rings (SSSR count). The van der Waals surface area contributed by atoms with Gasteiger partial charge in [-0.1, -0.05) is 20.8 Å². The van der Waals surface area contributed by atoms with Crippen LogP contribution in [-0.4, -0.2) is 31.6 Å². The summed E-state index contributed by atoms with van der Waals surface area (Å²) in [6.07, 6.45) is 0.166. The van der Waals surface area contributed by atoms with Crippen LogP contribution < -0.4 is 11.1 Å². The van der Waals surface area contributed by atoms with Crippen molar-refractivity contribution in [1.29, 1.82) is 0 Å². The van der Waals surface area contributed by atoms with Crippen LogP contribution in [0.25, 0.3) is 0 Å². The van der Waals surface area contributed by atoms with Gasteiger partial charge in [-0.15, -0.1) is 0 Å². The van der Waals surface area contributed by atoms with Crippen LogP contribution in [0.2, 0.25) is 0 Å². The van der Waals surface area contributed by atoms with Crippen LogP contribution in [0.3, 0.4) is 0 Å².